The second-order valence-corrected chi connectivity index (χ2v) is 14.0. The summed E-state index contributed by atoms with van der Waals surface area (Å²) in [4.78, 5) is 5.99. The molecule has 0 spiro atoms. The van der Waals surface area contributed by atoms with Crippen LogP contribution in [0, 0.1) is 0 Å². The molecule has 0 aliphatic rings. The molecule has 0 unspecified atom stereocenters. The van der Waals surface area contributed by atoms with Gasteiger partial charge in [0.25, 0.3) is 0 Å². The first-order chi connectivity index (χ1) is 22.9. The van der Waals surface area contributed by atoms with Crippen molar-refractivity contribution in [2.75, 3.05) is 0 Å². The average Bonchev–Trinajstić information content (AvgIpc) is 3.86. The van der Waals surface area contributed by atoms with Gasteiger partial charge >= 0.3 is 0 Å². The molecule has 0 saturated carbocycles. The van der Waals surface area contributed by atoms with Gasteiger partial charge in [0.05, 0.1) is 37.2 Å². The molecule has 5 aromatic heterocycles. The molecule has 3 nitrogen and oxygen atoms in total. The SMILES string of the molecule is c1ccc(-n2c3ccccc3c3c4c5ccccc5n(-c5cccc6c5sc5ccccc56)c4c4sc5ncccc5c4c32)cc1. The fraction of sp³-hybridized carbons (Fsp3) is 0. The zero-order valence-electron chi connectivity index (χ0n) is 24.4. The third-order valence-corrected chi connectivity index (χ3v) is 11.9. The fourth-order valence-corrected chi connectivity index (χ4v) is 10.2. The number of benzene rings is 6. The molecule has 214 valence electrons. The number of thiophene rings is 2. The quantitative estimate of drug-likeness (QED) is 0.188. The Labute approximate surface area is 270 Å². The van der Waals surface area contributed by atoms with Crippen LogP contribution >= 0.6 is 22.7 Å². The van der Waals surface area contributed by atoms with Crippen LogP contribution in [0.4, 0.5) is 0 Å². The van der Waals surface area contributed by atoms with Crippen LogP contribution in [0.25, 0.3) is 95.5 Å². The van der Waals surface area contributed by atoms with Crippen LogP contribution in [-0.4, -0.2) is 14.1 Å². The van der Waals surface area contributed by atoms with Gasteiger partial charge < -0.3 is 9.13 Å². The van der Waals surface area contributed by atoms with E-state index in [0.29, 0.717) is 0 Å². The molecule has 0 fully saturated rings. The van der Waals surface area contributed by atoms with E-state index >= 15 is 0 Å². The maximum absolute atomic E-state index is 4.93. The van der Waals surface area contributed by atoms with Crippen LogP contribution in [-0.2, 0) is 0 Å². The molecule has 0 aliphatic heterocycles. The third-order valence-electron chi connectivity index (χ3n) is 9.56. The van der Waals surface area contributed by atoms with Crippen LogP contribution in [0.1, 0.15) is 0 Å². The van der Waals surface area contributed by atoms with Gasteiger partial charge in [0.1, 0.15) is 4.83 Å². The Kier molecular flexibility index (Phi) is 4.87. The van der Waals surface area contributed by atoms with E-state index in [9.17, 15) is 0 Å². The monoisotopic (exact) mass is 621 g/mol. The molecule has 0 atom stereocenters. The Bertz CT molecular complexity index is 3030. The third kappa shape index (κ3) is 3.09. The highest BCUT2D eigenvalue weighted by atomic mass is 32.1. The minimum atomic E-state index is 1.06. The zero-order chi connectivity index (χ0) is 29.9. The van der Waals surface area contributed by atoms with E-state index in [1.807, 2.05) is 28.9 Å². The molecule has 5 heteroatoms. The fourth-order valence-electron chi connectivity index (χ4n) is 7.78. The molecule has 6 aromatic carbocycles. The number of hydrogen-bond acceptors (Lipinski definition) is 3. The van der Waals surface area contributed by atoms with Crippen molar-refractivity contribution in [3.63, 3.8) is 0 Å². The van der Waals surface area contributed by atoms with E-state index in [-0.39, 0.29) is 0 Å². The number of pyridine rings is 1. The van der Waals surface area contributed by atoms with Crippen LogP contribution in [0.2, 0.25) is 0 Å². The van der Waals surface area contributed by atoms with E-state index in [1.165, 1.54) is 84.9 Å². The van der Waals surface area contributed by atoms with Crippen LogP contribution in [0.5, 0.6) is 0 Å². The van der Waals surface area contributed by atoms with Gasteiger partial charge in [-0.3, -0.25) is 0 Å². The summed E-state index contributed by atoms with van der Waals surface area (Å²) in [6, 6.07) is 48.6. The van der Waals surface area contributed by atoms with Crippen LogP contribution in [0.3, 0.4) is 0 Å². The summed E-state index contributed by atoms with van der Waals surface area (Å²) >= 11 is 3.70. The van der Waals surface area contributed by atoms with Gasteiger partial charge in [-0.1, -0.05) is 84.9 Å². The van der Waals surface area contributed by atoms with Gasteiger partial charge in [-0.25, -0.2) is 4.98 Å². The summed E-state index contributed by atoms with van der Waals surface area (Å²) in [6.07, 6.45) is 1.92. The number of fused-ring (bicyclic) bond motifs is 15. The molecule has 11 aromatic rings. The lowest BCUT2D eigenvalue weighted by atomic mass is 10.0. The van der Waals surface area contributed by atoms with Gasteiger partial charge in [0.2, 0.25) is 0 Å². The maximum Gasteiger partial charge on any atom is 0.124 e. The largest absolute Gasteiger partial charge is 0.309 e. The van der Waals surface area contributed by atoms with Crippen molar-refractivity contribution < 1.29 is 0 Å². The minimum absolute atomic E-state index is 1.06. The average molecular weight is 622 g/mol. The molecule has 0 aliphatic carbocycles. The first-order valence-electron chi connectivity index (χ1n) is 15.5. The predicted molar refractivity (Wildman–Crippen MR) is 199 cm³/mol. The smallest absolute Gasteiger partial charge is 0.124 e. The topological polar surface area (TPSA) is 22.8 Å². The number of rotatable bonds is 2. The minimum Gasteiger partial charge on any atom is -0.309 e. The lowest BCUT2D eigenvalue weighted by molar-refractivity contribution is 1.19. The number of hydrogen-bond donors (Lipinski definition) is 0. The molecule has 46 heavy (non-hydrogen) atoms. The van der Waals surface area contributed by atoms with Gasteiger partial charge in [0, 0.05) is 59.7 Å². The molecule has 0 amide bonds. The first kappa shape index (κ1) is 24.8. The summed E-state index contributed by atoms with van der Waals surface area (Å²) in [5.41, 5.74) is 7.33. The van der Waals surface area contributed by atoms with Crippen molar-refractivity contribution in [2.45, 2.75) is 0 Å². The van der Waals surface area contributed by atoms with Crippen LogP contribution in [0.15, 0.2) is 140 Å². The van der Waals surface area contributed by atoms with E-state index in [1.54, 1.807) is 0 Å². The summed E-state index contributed by atoms with van der Waals surface area (Å²) in [5.74, 6) is 0. The van der Waals surface area contributed by atoms with Crippen molar-refractivity contribution in [1.29, 1.82) is 0 Å². The van der Waals surface area contributed by atoms with E-state index in [4.69, 9.17) is 4.98 Å². The number of nitrogens with zero attached hydrogens (tertiary/aromatic N) is 3. The molecule has 5 heterocycles. The Balaban J connectivity index is 1.47. The highest BCUT2D eigenvalue weighted by molar-refractivity contribution is 7.27. The molecule has 11 rings (SSSR count). The van der Waals surface area contributed by atoms with Gasteiger partial charge in [0.15, 0.2) is 0 Å². The Morgan fingerprint density at radius 1 is 0.435 bits per heavy atom. The highest BCUT2D eigenvalue weighted by Gasteiger charge is 2.27. The van der Waals surface area contributed by atoms with Gasteiger partial charge in [-0.15, -0.1) is 22.7 Å². The van der Waals surface area contributed by atoms with Gasteiger partial charge in [-0.05, 0) is 48.5 Å². The molecular formula is C41H23N3S2. The van der Waals surface area contributed by atoms with Crippen LogP contribution < -0.4 is 0 Å². The Morgan fingerprint density at radius 3 is 1.91 bits per heavy atom. The first-order valence-corrected chi connectivity index (χ1v) is 17.1. The Hall–Kier alpha value is -5.49. The van der Waals surface area contributed by atoms with Crippen molar-refractivity contribution in [1.82, 2.24) is 14.1 Å². The van der Waals surface area contributed by atoms with Crippen molar-refractivity contribution >= 4 is 107 Å². The van der Waals surface area contributed by atoms with Crippen molar-refractivity contribution in [2.24, 2.45) is 0 Å². The van der Waals surface area contributed by atoms with Gasteiger partial charge in [-0.2, -0.15) is 0 Å². The van der Waals surface area contributed by atoms with Crippen molar-refractivity contribution in [3.8, 4) is 11.4 Å². The Morgan fingerprint density at radius 2 is 1.09 bits per heavy atom. The molecule has 0 bridgehead atoms. The lowest BCUT2D eigenvalue weighted by Gasteiger charge is -2.12. The van der Waals surface area contributed by atoms with E-state index in [2.05, 4.69) is 143 Å². The normalized spacial score (nSPS) is 12.3. The van der Waals surface area contributed by atoms with Crippen molar-refractivity contribution in [3.05, 3.63) is 140 Å². The second kappa shape index (κ2) is 9.04. The summed E-state index contributed by atoms with van der Waals surface area (Å²) in [5, 5.41) is 10.2. The zero-order valence-corrected chi connectivity index (χ0v) is 26.1. The highest BCUT2D eigenvalue weighted by Crippen LogP contribution is 2.51. The molecular weight excluding hydrogens is 599 g/mol. The molecule has 0 radical (unpaired) electrons. The summed E-state index contributed by atoms with van der Waals surface area (Å²) in [7, 11) is 0. The summed E-state index contributed by atoms with van der Waals surface area (Å²) in [6.45, 7) is 0. The second-order valence-electron chi connectivity index (χ2n) is 11.9. The van der Waals surface area contributed by atoms with E-state index in [0.717, 1.165) is 10.5 Å². The van der Waals surface area contributed by atoms with E-state index < -0.39 is 0 Å². The molecule has 0 N–H and O–H groups in total. The number of aromatic nitrogens is 3. The lowest BCUT2D eigenvalue weighted by Crippen LogP contribution is -1.96. The molecule has 0 saturated heterocycles. The number of para-hydroxylation sites is 3. The standard InChI is InChI=1S/C41H23N3S2/c1-2-12-24(13-3-1)43-30-19-7-4-15-27(30)34-35-28-16-5-8-20-31(28)44(32-21-10-17-26-25-14-6-9-22-33(25)45-39(26)32)38(35)40-36(37(34)43)29-18-11-23-42-41(29)46-40/h1-23H. The maximum atomic E-state index is 4.93. The summed E-state index contributed by atoms with van der Waals surface area (Å²) < 4.78 is 8.92. The predicted octanol–water partition coefficient (Wildman–Crippen LogP) is 12.0.